The summed E-state index contributed by atoms with van der Waals surface area (Å²) in [5.41, 5.74) is 7.34. The highest BCUT2D eigenvalue weighted by Crippen LogP contribution is 2.34. The van der Waals surface area contributed by atoms with Crippen LogP contribution in [0.15, 0.2) is 10.5 Å². The first-order valence-corrected chi connectivity index (χ1v) is 5.09. The zero-order valence-corrected chi connectivity index (χ0v) is 8.34. The molecular formula is C11H17NO. The number of furan rings is 1. The molecule has 1 aliphatic carbocycles. The van der Waals surface area contributed by atoms with Crippen LogP contribution in [0.3, 0.4) is 0 Å². The third-order valence-electron chi connectivity index (χ3n) is 3.04. The average Bonchev–Trinajstić information content (AvgIpc) is 2.55. The Bertz CT molecular complexity index is 303. The van der Waals surface area contributed by atoms with E-state index in [1.807, 2.05) is 0 Å². The third kappa shape index (κ3) is 1.39. The fourth-order valence-electron chi connectivity index (χ4n) is 2.00. The first-order valence-electron chi connectivity index (χ1n) is 5.09. The van der Waals surface area contributed by atoms with Crippen molar-refractivity contribution < 1.29 is 4.42 Å². The van der Waals surface area contributed by atoms with Gasteiger partial charge in [-0.2, -0.15) is 0 Å². The maximum atomic E-state index is 6.10. The van der Waals surface area contributed by atoms with Gasteiger partial charge in [0.2, 0.25) is 0 Å². The molecule has 0 spiro atoms. The van der Waals surface area contributed by atoms with Crippen LogP contribution in [0.1, 0.15) is 43.4 Å². The molecule has 0 amide bonds. The molecule has 1 aromatic rings. The van der Waals surface area contributed by atoms with Crippen LogP contribution in [-0.2, 0) is 12.8 Å². The second-order valence-corrected chi connectivity index (χ2v) is 3.99. The molecule has 1 aliphatic rings. The molecule has 13 heavy (non-hydrogen) atoms. The molecule has 1 aromatic heterocycles. The molecule has 2 atom stereocenters. The summed E-state index contributed by atoms with van der Waals surface area (Å²) < 4.78 is 5.69. The van der Waals surface area contributed by atoms with Gasteiger partial charge in [0, 0.05) is 24.4 Å². The lowest BCUT2D eigenvalue weighted by atomic mass is 9.85. The quantitative estimate of drug-likeness (QED) is 0.719. The molecule has 1 heterocycles. The van der Waals surface area contributed by atoms with Crippen molar-refractivity contribution in [1.82, 2.24) is 0 Å². The van der Waals surface area contributed by atoms with E-state index in [1.165, 1.54) is 5.56 Å². The second-order valence-electron chi connectivity index (χ2n) is 3.99. The van der Waals surface area contributed by atoms with Gasteiger partial charge in [0.15, 0.2) is 0 Å². The zero-order valence-electron chi connectivity index (χ0n) is 8.34. The van der Waals surface area contributed by atoms with Crippen LogP contribution in [0.5, 0.6) is 0 Å². The lowest BCUT2D eigenvalue weighted by Crippen LogP contribution is -2.23. The molecule has 0 saturated carbocycles. The molecule has 0 aromatic carbocycles. The summed E-state index contributed by atoms with van der Waals surface area (Å²) in [4.78, 5) is 0. The number of rotatable bonds is 1. The predicted octanol–water partition coefficient (Wildman–Crippen LogP) is 2.42. The van der Waals surface area contributed by atoms with Gasteiger partial charge in [0.1, 0.15) is 11.5 Å². The first kappa shape index (κ1) is 8.82. The zero-order chi connectivity index (χ0) is 9.42. The molecule has 2 nitrogen and oxygen atoms in total. The van der Waals surface area contributed by atoms with E-state index in [1.54, 1.807) is 0 Å². The van der Waals surface area contributed by atoms with E-state index in [4.69, 9.17) is 10.2 Å². The molecule has 0 saturated heterocycles. The van der Waals surface area contributed by atoms with Crippen LogP contribution < -0.4 is 5.73 Å². The molecular weight excluding hydrogens is 162 g/mol. The Morgan fingerprint density at radius 2 is 2.38 bits per heavy atom. The Morgan fingerprint density at radius 1 is 1.62 bits per heavy atom. The Kier molecular flexibility index (Phi) is 2.16. The van der Waals surface area contributed by atoms with Gasteiger partial charge in [0.05, 0.1) is 0 Å². The van der Waals surface area contributed by atoms with Crippen molar-refractivity contribution in [3.63, 3.8) is 0 Å². The minimum absolute atomic E-state index is 0.188. The highest BCUT2D eigenvalue weighted by molar-refractivity contribution is 5.28. The van der Waals surface area contributed by atoms with Gasteiger partial charge in [-0.15, -0.1) is 0 Å². The van der Waals surface area contributed by atoms with E-state index in [2.05, 4.69) is 19.9 Å². The number of aryl methyl sites for hydroxylation is 2. The summed E-state index contributed by atoms with van der Waals surface area (Å²) in [7, 11) is 0. The molecule has 72 valence electrons. The third-order valence-corrected chi connectivity index (χ3v) is 3.04. The Hall–Kier alpha value is -0.760. The van der Waals surface area contributed by atoms with Crippen molar-refractivity contribution in [2.45, 2.75) is 39.2 Å². The molecule has 2 N–H and O–H groups in total. The second kappa shape index (κ2) is 3.18. The molecule has 2 rings (SSSR count). The van der Waals surface area contributed by atoms with Crippen molar-refractivity contribution in [2.24, 2.45) is 11.7 Å². The summed E-state index contributed by atoms with van der Waals surface area (Å²) in [5.74, 6) is 2.80. The summed E-state index contributed by atoms with van der Waals surface area (Å²) >= 11 is 0. The van der Waals surface area contributed by atoms with Gasteiger partial charge in [-0.1, -0.05) is 13.8 Å². The van der Waals surface area contributed by atoms with Crippen molar-refractivity contribution in [1.29, 1.82) is 0 Å². The Morgan fingerprint density at radius 3 is 3.08 bits per heavy atom. The number of hydrogen-bond donors (Lipinski definition) is 1. The Balaban J connectivity index is 2.36. The van der Waals surface area contributed by atoms with E-state index < -0.39 is 0 Å². The van der Waals surface area contributed by atoms with E-state index in [-0.39, 0.29) is 6.04 Å². The van der Waals surface area contributed by atoms with Crippen molar-refractivity contribution in [2.75, 3.05) is 0 Å². The molecule has 2 unspecified atom stereocenters. The minimum atomic E-state index is 0.188. The fourth-order valence-corrected chi connectivity index (χ4v) is 2.00. The van der Waals surface area contributed by atoms with Gasteiger partial charge in [-0.25, -0.2) is 0 Å². The van der Waals surface area contributed by atoms with E-state index in [0.29, 0.717) is 5.92 Å². The lowest BCUT2D eigenvalue weighted by Gasteiger charge is -2.24. The van der Waals surface area contributed by atoms with E-state index in [0.717, 1.165) is 30.8 Å². The van der Waals surface area contributed by atoms with Crippen molar-refractivity contribution in [3.05, 3.63) is 23.2 Å². The van der Waals surface area contributed by atoms with Gasteiger partial charge < -0.3 is 10.2 Å². The minimum Gasteiger partial charge on any atom is -0.466 e. The van der Waals surface area contributed by atoms with Crippen LogP contribution in [0.2, 0.25) is 0 Å². The first-order chi connectivity index (χ1) is 6.22. The SMILES string of the molecule is CCc1cc2c(o1)CCC(C)C2N. The van der Waals surface area contributed by atoms with Crippen LogP contribution in [-0.4, -0.2) is 0 Å². The summed E-state index contributed by atoms with van der Waals surface area (Å²) in [6.07, 6.45) is 3.18. The van der Waals surface area contributed by atoms with Gasteiger partial charge in [0.25, 0.3) is 0 Å². The molecule has 0 aliphatic heterocycles. The highest BCUT2D eigenvalue weighted by Gasteiger charge is 2.26. The van der Waals surface area contributed by atoms with Crippen LogP contribution >= 0.6 is 0 Å². The lowest BCUT2D eigenvalue weighted by molar-refractivity contribution is 0.365. The molecule has 0 bridgehead atoms. The maximum Gasteiger partial charge on any atom is 0.108 e. The largest absolute Gasteiger partial charge is 0.466 e. The number of fused-ring (bicyclic) bond motifs is 1. The number of nitrogens with two attached hydrogens (primary N) is 1. The van der Waals surface area contributed by atoms with Crippen LogP contribution in [0.4, 0.5) is 0 Å². The highest BCUT2D eigenvalue weighted by atomic mass is 16.3. The van der Waals surface area contributed by atoms with Crippen molar-refractivity contribution >= 4 is 0 Å². The molecule has 2 heteroatoms. The van der Waals surface area contributed by atoms with Gasteiger partial charge >= 0.3 is 0 Å². The normalized spacial score (nSPS) is 27.3. The Labute approximate surface area is 79.1 Å². The molecule has 0 fully saturated rings. The molecule has 0 radical (unpaired) electrons. The average molecular weight is 179 g/mol. The summed E-state index contributed by atoms with van der Waals surface area (Å²) in [6, 6.07) is 2.32. The van der Waals surface area contributed by atoms with Crippen molar-refractivity contribution in [3.8, 4) is 0 Å². The van der Waals surface area contributed by atoms with E-state index >= 15 is 0 Å². The predicted molar refractivity (Wildman–Crippen MR) is 52.5 cm³/mol. The van der Waals surface area contributed by atoms with Crippen LogP contribution in [0, 0.1) is 5.92 Å². The number of hydrogen-bond acceptors (Lipinski definition) is 2. The standard InChI is InChI=1S/C11H17NO/c1-3-8-6-9-10(13-8)5-4-7(2)11(9)12/h6-7,11H,3-5,12H2,1-2H3. The monoisotopic (exact) mass is 179 g/mol. The van der Waals surface area contributed by atoms with Gasteiger partial charge in [-0.05, 0) is 18.4 Å². The smallest absolute Gasteiger partial charge is 0.108 e. The van der Waals surface area contributed by atoms with E-state index in [9.17, 15) is 0 Å². The fraction of sp³-hybridized carbons (Fsp3) is 0.636. The summed E-state index contributed by atoms with van der Waals surface area (Å²) in [6.45, 7) is 4.32. The summed E-state index contributed by atoms with van der Waals surface area (Å²) in [5, 5.41) is 0. The maximum absolute atomic E-state index is 6.10. The van der Waals surface area contributed by atoms with Crippen LogP contribution in [0.25, 0.3) is 0 Å². The van der Waals surface area contributed by atoms with Gasteiger partial charge in [-0.3, -0.25) is 0 Å². The topological polar surface area (TPSA) is 39.2 Å².